The maximum absolute atomic E-state index is 6.04. The van der Waals surface area contributed by atoms with Gasteiger partial charge in [-0.15, -0.1) is 0 Å². The fourth-order valence-electron chi connectivity index (χ4n) is 3.30. The second-order valence-corrected chi connectivity index (χ2v) is 6.09. The van der Waals surface area contributed by atoms with Crippen molar-refractivity contribution in [3.8, 4) is 0 Å². The third kappa shape index (κ3) is 4.02. The predicted molar refractivity (Wildman–Crippen MR) is 79.7 cm³/mol. The number of rotatable bonds is 5. The van der Waals surface area contributed by atoms with E-state index in [1.165, 1.54) is 31.2 Å². The van der Waals surface area contributed by atoms with Gasteiger partial charge in [0.05, 0.1) is 0 Å². The summed E-state index contributed by atoms with van der Waals surface area (Å²) >= 11 is 0. The molecule has 0 radical (unpaired) electrons. The fraction of sp³-hybridized carbons (Fsp3) is 0.688. The van der Waals surface area contributed by atoms with Gasteiger partial charge in [-0.3, -0.25) is 9.88 Å². The monoisotopic (exact) mass is 261 g/mol. The third-order valence-electron chi connectivity index (χ3n) is 4.59. The van der Waals surface area contributed by atoms with Crippen LogP contribution in [0.2, 0.25) is 0 Å². The molecule has 1 aromatic heterocycles. The average Bonchev–Trinajstić information content (AvgIpc) is 2.43. The summed E-state index contributed by atoms with van der Waals surface area (Å²) in [5, 5.41) is 0. The van der Waals surface area contributed by atoms with Gasteiger partial charge in [0.25, 0.3) is 0 Å². The quantitative estimate of drug-likeness (QED) is 0.886. The molecule has 3 nitrogen and oxygen atoms in total. The van der Waals surface area contributed by atoms with Crippen LogP contribution < -0.4 is 5.73 Å². The largest absolute Gasteiger partial charge is 0.329 e. The summed E-state index contributed by atoms with van der Waals surface area (Å²) in [7, 11) is 2.20. The van der Waals surface area contributed by atoms with Crippen molar-refractivity contribution >= 4 is 0 Å². The van der Waals surface area contributed by atoms with Crippen molar-refractivity contribution < 1.29 is 0 Å². The van der Waals surface area contributed by atoms with E-state index in [0.717, 1.165) is 24.9 Å². The number of nitrogens with zero attached hydrogens (tertiary/aromatic N) is 2. The Labute approximate surface area is 117 Å². The normalized spacial score (nSPS) is 25.5. The Kier molecular flexibility index (Phi) is 5.34. The smallest absolute Gasteiger partial charge is 0.0271 e. The van der Waals surface area contributed by atoms with Crippen molar-refractivity contribution in [3.05, 3.63) is 30.1 Å². The number of pyridine rings is 1. The molecule has 19 heavy (non-hydrogen) atoms. The van der Waals surface area contributed by atoms with E-state index >= 15 is 0 Å². The summed E-state index contributed by atoms with van der Waals surface area (Å²) in [5.41, 5.74) is 7.36. The molecule has 0 amide bonds. The first-order valence-electron chi connectivity index (χ1n) is 7.50. The molecule has 1 saturated carbocycles. The molecule has 1 fully saturated rings. The Balaban J connectivity index is 1.93. The topological polar surface area (TPSA) is 42.1 Å². The maximum atomic E-state index is 6.04. The van der Waals surface area contributed by atoms with Crippen LogP contribution in [-0.4, -0.2) is 29.5 Å². The van der Waals surface area contributed by atoms with Crippen molar-refractivity contribution in [1.29, 1.82) is 0 Å². The molecule has 1 aliphatic carbocycles. The molecule has 0 aliphatic heterocycles. The van der Waals surface area contributed by atoms with Crippen LogP contribution in [0.3, 0.4) is 0 Å². The van der Waals surface area contributed by atoms with Gasteiger partial charge in [-0.25, -0.2) is 0 Å². The van der Waals surface area contributed by atoms with Crippen molar-refractivity contribution in [2.45, 2.75) is 45.2 Å². The molecule has 0 bridgehead atoms. The number of nitrogens with two attached hydrogens (primary N) is 1. The number of hydrogen-bond donors (Lipinski definition) is 1. The van der Waals surface area contributed by atoms with Crippen molar-refractivity contribution in [2.24, 2.45) is 17.6 Å². The lowest BCUT2D eigenvalue weighted by atomic mass is 9.79. The highest BCUT2D eigenvalue weighted by molar-refractivity contribution is 5.09. The lowest BCUT2D eigenvalue weighted by molar-refractivity contribution is 0.130. The Morgan fingerprint density at radius 2 is 1.89 bits per heavy atom. The van der Waals surface area contributed by atoms with Crippen LogP contribution in [0.1, 0.15) is 38.2 Å². The highest BCUT2D eigenvalue weighted by atomic mass is 15.1. The van der Waals surface area contributed by atoms with Crippen LogP contribution in [0.25, 0.3) is 0 Å². The van der Waals surface area contributed by atoms with Crippen LogP contribution in [0.4, 0.5) is 0 Å². The highest BCUT2D eigenvalue weighted by Gasteiger charge is 2.27. The molecular formula is C16H27N3. The highest BCUT2D eigenvalue weighted by Crippen LogP contribution is 2.32. The van der Waals surface area contributed by atoms with Gasteiger partial charge in [-0.1, -0.05) is 19.8 Å². The van der Waals surface area contributed by atoms with Gasteiger partial charge in [-0.2, -0.15) is 0 Å². The summed E-state index contributed by atoms with van der Waals surface area (Å²) in [6, 6.07) is 4.70. The standard InChI is InChI=1S/C16H27N3/c1-13-3-5-15(6-4-13)16(11-17)19(2)12-14-7-9-18-10-8-14/h7-10,13,15-16H,3-6,11-12,17H2,1-2H3. The minimum Gasteiger partial charge on any atom is -0.329 e. The summed E-state index contributed by atoms with van der Waals surface area (Å²) < 4.78 is 0. The van der Waals surface area contributed by atoms with E-state index in [1.807, 2.05) is 12.4 Å². The van der Waals surface area contributed by atoms with E-state index in [-0.39, 0.29) is 0 Å². The van der Waals surface area contributed by atoms with Crippen molar-refractivity contribution in [2.75, 3.05) is 13.6 Å². The molecular weight excluding hydrogens is 234 g/mol. The predicted octanol–water partition coefficient (Wildman–Crippen LogP) is 2.67. The zero-order valence-corrected chi connectivity index (χ0v) is 12.3. The van der Waals surface area contributed by atoms with Gasteiger partial charge >= 0.3 is 0 Å². The zero-order chi connectivity index (χ0) is 13.7. The first kappa shape index (κ1) is 14.5. The Bertz CT molecular complexity index is 358. The molecule has 3 heteroatoms. The van der Waals surface area contributed by atoms with Gasteiger partial charge in [0.2, 0.25) is 0 Å². The number of hydrogen-bond acceptors (Lipinski definition) is 3. The Hall–Kier alpha value is -0.930. The molecule has 1 atom stereocenters. The summed E-state index contributed by atoms with van der Waals surface area (Å²) in [6.45, 7) is 4.10. The van der Waals surface area contributed by atoms with Gasteiger partial charge in [0.1, 0.15) is 0 Å². The van der Waals surface area contributed by atoms with E-state index in [4.69, 9.17) is 5.73 Å². The molecule has 0 saturated heterocycles. The Morgan fingerprint density at radius 1 is 1.26 bits per heavy atom. The minimum atomic E-state index is 0.515. The van der Waals surface area contributed by atoms with E-state index in [9.17, 15) is 0 Å². The lowest BCUT2D eigenvalue weighted by Crippen LogP contribution is -2.44. The molecule has 1 aromatic rings. The molecule has 106 valence electrons. The van der Waals surface area contributed by atoms with Gasteiger partial charge in [0.15, 0.2) is 0 Å². The zero-order valence-electron chi connectivity index (χ0n) is 12.3. The molecule has 2 N–H and O–H groups in total. The van der Waals surface area contributed by atoms with Crippen LogP contribution >= 0.6 is 0 Å². The van der Waals surface area contributed by atoms with Crippen molar-refractivity contribution in [3.63, 3.8) is 0 Å². The maximum Gasteiger partial charge on any atom is 0.0271 e. The number of likely N-dealkylation sites (N-methyl/N-ethyl adjacent to an activating group) is 1. The molecule has 0 spiro atoms. The molecule has 1 aliphatic rings. The van der Waals surface area contributed by atoms with Gasteiger partial charge in [-0.05, 0) is 49.4 Å². The van der Waals surface area contributed by atoms with Crippen LogP contribution in [0.15, 0.2) is 24.5 Å². The fourth-order valence-corrected chi connectivity index (χ4v) is 3.30. The Morgan fingerprint density at radius 3 is 2.47 bits per heavy atom. The summed E-state index contributed by atoms with van der Waals surface area (Å²) in [6.07, 6.45) is 9.13. The first-order chi connectivity index (χ1) is 9.20. The van der Waals surface area contributed by atoms with E-state index in [2.05, 4.69) is 36.0 Å². The minimum absolute atomic E-state index is 0.515. The van der Waals surface area contributed by atoms with Crippen LogP contribution in [-0.2, 0) is 6.54 Å². The summed E-state index contributed by atoms with van der Waals surface area (Å²) in [4.78, 5) is 6.50. The molecule has 2 rings (SSSR count). The third-order valence-corrected chi connectivity index (χ3v) is 4.59. The van der Waals surface area contributed by atoms with E-state index in [0.29, 0.717) is 6.04 Å². The molecule has 0 aromatic carbocycles. The van der Waals surface area contributed by atoms with E-state index < -0.39 is 0 Å². The molecule has 1 heterocycles. The van der Waals surface area contributed by atoms with Gasteiger partial charge < -0.3 is 5.73 Å². The molecule has 1 unspecified atom stereocenters. The first-order valence-corrected chi connectivity index (χ1v) is 7.50. The van der Waals surface area contributed by atoms with Gasteiger partial charge in [0, 0.05) is 31.5 Å². The van der Waals surface area contributed by atoms with Crippen molar-refractivity contribution in [1.82, 2.24) is 9.88 Å². The number of aromatic nitrogens is 1. The second-order valence-electron chi connectivity index (χ2n) is 6.09. The SMILES string of the molecule is CC1CCC(C(CN)N(C)Cc2ccncc2)CC1. The van der Waals surface area contributed by atoms with Crippen LogP contribution in [0.5, 0.6) is 0 Å². The second kappa shape index (κ2) is 7.01. The average molecular weight is 261 g/mol. The van der Waals surface area contributed by atoms with Crippen LogP contribution in [0, 0.1) is 11.8 Å². The van der Waals surface area contributed by atoms with E-state index in [1.54, 1.807) is 0 Å². The lowest BCUT2D eigenvalue weighted by Gasteiger charge is -2.37. The summed E-state index contributed by atoms with van der Waals surface area (Å²) in [5.74, 6) is 1.67.